The van der Waals surface area contributed by atoms with Crippen LogP contribution in [0.2, 0.25) is 5.02 Å². The van der Waals surface area contributed by atoms with Gasteiger partial charge in [0.2, 0.25) is 0 Å². The Morgan fingerprint density at radius 1 is 1.00 bits per heavy atom. The van der Waals surface area contributed by atoms with Crippen LogP contribution in [0.4, 0.5) is 22.7 Å². The summed E-state index contributed by atoms with van der Waals surface area (Å²) in [5.41, 5.74) is 7.55. The van der Waals surface area contributed by atoms with Crippen LogP contribution in [0.1, 0.15) is 38.8 Å². The van der Waals surface area contributed by atoms with E-state index in [1.165, 1.54) is 16.8 Å². The second-order valence-electron chi connectivity index (χ2n) is 8.41. The van der Waals surface area contributed by atoms with Gasteiger partial charge in [0.15, 0.2) is 0 Å². The van der Waals surface area contributed by atoms with Gasteiger partial charge in [0.05, 0.1) is 16.2 Å². The van der Waals surface area contributed by atoms with Gasteiger partial charge in [0.1, 0.15) is 0 Å². The molecule has 4 heteroatoms. The van der Waals surface area contributed by atoms with Crippen molar-refractivity contribution in [3.8, 4) is 0 Å². The molecule has 0 atom stereocenters. The molecule has 0 aliphatic carbocycles. The molecule has 1 heterocycles. The summed E-state index contributed by atoms with van der Waals surface area (Å²) in [5.74, 6) is 0. The highest BCUT2D eigenvalue weighted by Crippen LogP contribution is 2.41. The molecule has 0 saturated heterocycles. The molecule has 0 bridgehead atoms. The molecule has 4 rings (SSSR count). The smallest absolute Gasteiger partial charge is 0.0631 e. The summed E-state index contributed by atoms with van der Waals surface area (Å²) in [5, 5.41) is 4.10. The van der Waals surface area contributed by atoms with Crippen molar-refractivity contribution in [1.82, 2.24) is 0 Å². The topological polar surface area (TPSA) is 27.6 Å². The highest BCUT2D eigenvalue weighted by atomic mass is 35.5. The number of rotatable bonds is 5. The maximum absolute atomic E-state index is 6.66. The lowest BCUT2D eigenvalue weighted by Crippen LogP contribution is -2.44. The third kappa shape index (κ3) is 4.52. The standard InChI is InChI=1S/C27H28ClN3/c1-5-31-26-16-25(28)20(15-24(26)19(2)17-27(31,3)4)18-29-21-11-13-23(14-12-21)30-22-9-7-6-8-10-22/h6-18,30H,5H2,1-4H3. The first-order chi connectivity index (χ1) is 14.9. The summed E-state index contributed by atoms with van der Waals surface area (Å²) >= 11 is 6.66. The van der Waals surface area contributed by atoms with E-state index in [0.29, 0.717) is 5.02 Å². The fourth-order valence-electron chi connectivity index (χ4n) is 4.25. The van der Waals surface area contributed by atoms with Gasteiger partial charge >= 0.3 is 0 Å². The van der Waals surface area contributed by atoms with Gasteiger partial charge in [-0.1, -0.05) is 35.9 Å². The molecule has 3 nitrogen and oxygen atoms in total. The van der Waals surface area contributed by atoms with E-state index < -0.39 is 0 Å². The number of likely N-dealkylation sites (N-methyl/N-ethyl adjacent to an activating group) is 1. The summed E-state index contributed by atoms with van der Waals surface area (Å²) in [6.07, 6.45) is 4.18. The number of hydrogen-bond donors (Lipinski definition) is 1. The number of benzene rings is 3. The fourth-order valence-corrected chi connectivity index (χ4v) is 4.46. The van der Waals surface area contributed by atoms with Crippen molar-refractivity contribution in [3.63, 3.8) is 0 Å². The van der Waals surface area contributed by atoms with Crippen molar-refractivity contribution < 1.29 is 0 Å². The Bertz CT molecular complexity index is 1130. The van der Waals surface area contributed by atoms with Crippen LogP contribution in [0, 0.1) is 0 Å². The molecular formula is C27H28ClN3. The number of anilines is 3. The van der Waals surface area contributed by atoms with Crippen LogP contribution in [-0.2, 0) is 0 Å². The lowest BCUT2D eigenvalue weighted by atomic mass is 9.88. The van der Waals surface area contributed by atoms with Gasteiger partial charge in [0, 0.05) is 40.9 Å². The molecule has 0 amide bonds. The van der Waals surface area contributed by atoms with Gasteiger partial charge < -0.3 is 10.2 Å². The zero-order valence-electron chi connectivity index (χ0n) is 18.5. The van der Waals surface area contributed by atoms with Crippen molar-refractivity contribution in [2.45, 2.75) is 33.2 Å². The Balaban J connectivity index is 1.57. The largest absolute Gasteiger partial charge is 0.363 e. The minimum atomic E-state index is -0.0275. The van der Waals surface area contributed by atoms with Crippen LogP contribution in [0.25, 0.3) is 5.57 Å². The molecular weight excluding hydrogens is 402 g/mol. The Morgan fingerprint density at radius 3 is 2.35 bits per heavy atom. The second kappa shape index (κ2) is 8.60. The van der Waals surface area contributed by atoms with Crippen molar-refractivity contribution >= 4 is 46.1 Å². The molecule has 1 aliphatic heterocycles. The molecule has 1 N–H and O–H groups in total. The minimum absolute atomic E-state index is 0.0275. The third-order valence-corrected chi connectivity index (χ3v) is 6.02. The normalized spacial score (nSPS) is 15.0. The van der Waals surface area contributed by atoms with Crippen LogP contribution in [0.5, 0.6) is 0 Å². The van der Waals surface area contributed by atoms with Gasteiger partial charge in [-0.15, -0.1) is 0 Å². The Morgan fingerprint density at radius 2 is 1.68 bits per heavy atom. The van der Waals surface area contributed by atoms with E-state index in [1.807, 2.05) is 60.8 Å². The molecule has 0 spiro atoms. The lowest BCUT2D eigenvalue weighted by molar-refractivity contribution is 0.566. The number of fused-ring (bicyclic) bond motifs is 1. The van der Waals surface area contributed by atoms with E-state index in [1.54, 1.807) is 0 Å². The summed E-state index contributed by atoms with van der Waals surface area (Å²) in [4.78, 5) is 7.05. The molecule has 0 fully saturated rings. The van der Waals surface area contributed by atoms with Gasteiger partial charge in [-0.3, -0.25) is 4.99 Å². The van der Waals surface area contributed by atoms with E-state index in [-0.39, 0.29) is 5.54 Å². The van der Waals surface area contributed by atoms with Gasteiger partial charge in [0.25, 0.3) is 0 Å². The van der Waals surface area contributed by atoms with Gasteiger partial charge in [-0.25, -0.2) is 0 Å². The van der Waals surface area contributed by atoms with Gasteiger partial charge in [-0.2, -0.15) is 0 Å². The van der Waals surface area contributed by atoms with Crippen LogP contribution in [0.3, 0.4) is 0 Å². The van der Waals surface area contributed by atoms with E-state index in [9.17, 15) is 0 Å². The van der Waals surface area contributed by atoms with E-state index in [2.05, 4.69) is 61.1 Å². The molecule has 1 aliphatic rings. The summed E-state index contributed by atoms with van der Waals surface area (Å²) < 4.78 is 0. The summed E-state index contributed by atoms with van der Waals surface area (Å²) in [6.45, 7) is 9.75. The number of aliphatic imine (C=N–C) groups is 1. The number of nitrogens with one attached hydrogen (secondary N) is 1. The molecule has 3 aromatic carbocycles. The number of allylic oxidation sites excluding steroid dienone is 1. The quantitative estimate of drug-likeness (QED) is 0.418. The summed E-state index contributed by atoms with van der Waals surface area (Å²) in [7, 11) is 0. The minimum Gasteiger partial charge on any atom is -0.363 e. The second-order valence-corrected chi connectivity index (χ2v) is 8.82. The molecule has 0 saturated carbocycles. The zero-order valence-corrected chi connectivity index (χ0v) is 19.2. The van der Waals surface area contributed by atoms with E-state index >= 15 is 0 Å². The number of para-hydroxylation sites is 1. The van der Waals surface area contributed by atoms with Crippen molar-refractivity contribution in [2.24, 2.45) is 4.99 Å². The predicted octanol–water partition coefficient (Wildman–Crippen LogP) is 7.86. The first-order valence-electron chi connectivity index (χ1n) is 10.6. The van der Waals surface area contributed by atoms with Crippen molar-refractivity contribution in [3.05, 3.63) is 89.0 Å². The zero-order chi connectivity index (χ0) is 22.0. The average Bonchev–Trinajstić information content (AvgIpc) is 2.74. The first kappa shape index (κ1) is 21.2. The predicted molar refractivity (Wildman–Crippen MR) is 136 cm³/mol. The Hall–Kier alpha value is -3.04. The molecule has 3 aromatic rings. The van der Waals surface area contributed by atoms with Crippen LogP contribution >= 0.6 is 11.6 Å². The highest BCUT2D eigenvalue weighted by molar-refractivity contribution is 6.33. The molecule has 31 heavy (non-hydrogen) atoms. The molecule has 0 radical (unpaired) electrons. The van der Waals surface area contributed by atoms with Crippen molar-refractivity contribution in [1.29, 1.82) is 0 Å². The monoisotopic (exact) mass is 429 g/mol. The maximum Gasteiger partial charge on any atom is 0.0631 e. The average molecular weight is 430 g/mol. The Labute approximate surface area is 190 Å². The molecule has 0 unspecified atom stereocenters. The lowest BCUT2D eigenvalue weighted by Gasteiger charge is -2.43. The van der Waals surface area contributed by atoms with Crippen LogP contribution in [-0.4, -0.2) is 18.3 Å². The van der Waals surface area contributed by atoms with E-state index in [0.717, 1.165) is 29.2 Å². The summed E-state index contributed by atoms with van der Waals surface area (Å²) in [6, 6.07) is 22.4. The molecule has 158 valence electrons. The molecule has 0 aromatic heterocycles. The van der Waals surface area contributed by atoms with Crippen LogP contribution in [0.15, 0.2) is 77.8 Å². The fraction of sp³-hybridized carbons (Fsp3) is 0.222. The third-order valence-electron chi connectivity index (χ3n) is 5.69. The maximum atomic E-state index is 6.66. The highest BCUT2D eigenvalue weighted by Gasteiger charge is 2.30. The number of hydrogen-bond acceptors (Lipinski definition) is 3. The van der Waals surface area contributed by atoms with Crippen LogP contribution < -0.4 is 10.2 Å². The SMILES string of the molecule is CCN1c2cc(Cl)c(C=Nc3ccc(Nc4ccccc4)cc3)cc2C(C)=CC1(C)C. The first-order valence-corrected chi connectivity index (χ1v) is 11.0. The Kier molecular flexibility index (Phi) is 5.88. The van der Waals surface area contributed by atoms with Gasteiger partial charge in [-0.05, 0) is 81.8 Å². The number of halogens is 1. The van der Waals surface area contributed by atoms with Crippen molar-refractivity contribution in [2.75, 3.05) is 16.8 Å². The van der Waals surface area contributed by atoms with E-state index in [4.69, 9.17) is 11.6 Å². The number of nitrogens with zero attached hydrogens (tertiary/aromatic N) is 2.